The molecule has 0 saturated heterocycles. The van der Waals surface area contributed by atoms with Crippen molar-refractivity contribution in [3.05, 3.63) is 28.7 Å². The standard InChI is InChI=1S/C17H26N4O3/c1-10-9-15-18-11(2)14(13(4)21(15)20-10)7-8-16(22)19-12(3)17(23-5)24-6/h9,12,17H,7-8H2,1-6H3,(H,19,22)/t12-/m1/s1. The number of methoxy groups -OCH3 is 2. The molecule has 0 saturated carbocycles. The van der Waals surface area contributed by atoms with E-state index < -0.39 is 6.29 Å². The maximum atomic E-state index is 12.2. The van der Waals surface area contributed by atoms with Gasteiger partial charge in [0.25, 0.3) is 0 Å². The average molecular weight is 334 g/mol. The van der Waals surface area contributed by atoms with E-state index >= 15 is 0 Å². The van der Waals surface area contributed by atoms with Crippen molar-refractivity contribution in [2.24, 2.45) is 0 Å². The molecule has 0 fully saturated rings. The highest BCUT2D eigenvalue weighted by Gasteiger charge is 2.18. The molecule has 132 valence electrons. The van der Waals surface area contributed by atoms with Crippen molar-refractivity contribution in [2.45, 2.75) is 52.9 Å². The first kappa shape index (κ1) is 18.4. The molecule has 2 heterocycles. The molecular weight excluding hydrogens is 308 g/mol. The minimum absolute atomic E-state index is 0.0443. The Morgan fingerprint density at radius 1 is 1.29 bits per heavy atom. The Morgan fingerprint density at radius 2 is 1.96 bits per heavy atom. The molecule has 2 aromatic heterocycles. The van der Waals surface area contributed by atoms with E-state index in [1.54, 1.807) is 14.2 Å². The van der Waals surface area contributed by atoms with Gasteiger partial charge in [-0.15, -0.1) is 0 Å². The van der Waals surface area contributed by atoms with Gasteiger partial charge < -0.3 is 14.8 Å². The number of ether oxygens (including phenoxy) is 2. The summed E-state index contributed by atoms with van der Waals surface area (Å²) in [6, 6.07) is 1.73. The van der Waals surface area contributed by atoms with Crippen LogP contribution < -0.4 is 5.32 Å². The van der Waals surface area contributed by atoms with Gasteiger partial charge in [0.1, 0.15) is 0 Å². The summed E-state index contributed by atoms with van der Waals surface area (Å²) >= 11 is 0. The second-order valence-electron chi connectivity index (χ2n) is 6.01. The van der Waals surface area contributed by atoms with Crippen LogP contribution in [0.25, 0.3) is 5.65 Å². The zero-order valence-electron chi connectivity index (χ0n) is 15.2. The van der Waals surface area contributed by atoms with Crippen LogP contribution in [-0.2, 0) is 20.7 Å². The number of amides is 1. The van der Waals surface area contributed by atoms with E-state index in [1.165, 1.54) is 0 Å². The third-order valence-corrected chi connectivity index (χ3v) is 4.15. The Morgan fingerprint density at radius 3 is 2.58 bits per heavy atom. The van der Waals surface area contributed by atoms with E-state index in [0.29, 0.717) is 12.8 Å². The molecular formula is C17H26N4O3. The minimum atomic E-state index is -0.456. The highest BCUT2D eigenvalue weighted by Crippen LogP contribution is 2.17. The minimum Gasteiger partial charge on any atom is -0.354 e. The van der Waals surface area contributed by atoms with Gasteiger partial charge in [-0.1, -0.05) is 0 Å². The molecule has 0 radical (unpaired) electrons. The van der Waals surface area contributed by atoms with Gasteiger partial charge >= 0.3 is 0 Å². The summed E-state index contributed by atoms with van der Waals surface area (Å²) in [6.07, 6.45) is 0.532. The van der Waals surface area contributed by atoms with E-state index in [2.05, 4.69) is 15.4 Å². The predicted octanol–water partition coefficient (Wildman–Crippen LogP) is 1.71. The average Bonchev–Trinajstić information content (AvgIpc) is 2.88. The molecule has 7 heteroatoms. The quantitative estimate of drug-likeness (QED) is 0.780. The maximum absolute atomic E-state index is 12.2. The van der Waals surface area contributed by atoms with Crippen LogP contribution in [0.15, 0.2) is 6.07 Å². The molecule has 0 unspecified atom stereocenters. The van der Waals surface area contributed by atoms with Crippen LogP contribution in [-0.4, -0.2) is 47.1 Å². The highest BCUT2D eigenvalue weighted by molar-refractivity contribution is 5.76. The zero-order valence-corrected chi connectivity index (χ0v) is 15.2. The number of aromatic nitrogens is 3. The highest BCUT2D eigenvalue weighted by atomic mass is 16.7. The monoisotopic (exact) mass is 334 g/mol. The van der Waals surface area contributed by atoms with Gasteiger partial charge in [-0.05, 0) is 39.7 Å². The molecule has 0 aliphatic heterocycles. The van der Waals surface area contributed by atoms with Gasteiger partial charge in [0.15, 0.2) is 11.9 Å². The lowest BCUT2D eigenvalue weighted by Gasteiger charge is -2.22. The summed E-state index contributed by atoms with van der Waals surface area (Å²) in [6.45, 7) is 7.78. The van der Waals surface area contributed by atoms with Crippen molar-refractivity contribution in [1.29, 1.82) is 0 Å². The van der Waals surface area contributed by atoms with Crippen molar-refractivity contribution in [3.63, 3.8) is 0 Å². The van der Waals surface area contributed by atoms with E-state index in [-0.39, 0.29) is 11.9 Å². The van der Waals surface area contributed by atoms with Crippen LogP contribution in [0.4, 0.5) is 0 Å². The third kappa shape index (κ3) is 3.91. The second-order valence-corrected chi connectivity index (χ2v) is 6.01. The van der Waals surface area contributed by atoms with Crippen LogP contribution in [0.1, 0.15) is 36.0 Å². The molecule has 1 amide bonds. The van der Waals surface area contributed by atoms with Crippen LogP contribution in [0, 0.1) is 20.8 Å². The van der Waals surface area contributed by atoms with Crippen LogP contribution in [0.5, 0.6) is 0 Å². The topological polar surface area (TPSA) is 77.8 Å². The molecule has 0 spiro atoms. The second kappa shape index (κ2) is 7.72. The van der Waals surface area contributed by atoms with Gasteiger partial charge in [-0.2, -0.15) is 5.10 Å². The molecule has 0 aliphatic carbocycles. The SMILES string of the molecule is COC(OC)[C@@H](C)NC(=O)CCc1c(C)nc2cc(C)nn2c1C. The fraction of sp³-hybridized carbons (Fsp3) is 0.588. The van der Waals surface area contributed by atoms with Crippen molar-refractivity contribution in [2.75, 3.05) is 14.2 Å². The van der Waals surface area contributed by atoms with E-state index in [1.807, 2.05) is 38.3 Å². The number of carbonyl (C=O) groups excluding carboxylic acids is 1. The molecule has 0 aliphatic rings. The Bertz CT molecular complexity index is 722. The molecule has 0 aromatic carbocycles. The van der Waals surface area contributed by atoms with E-state index in [4.69, 9.17) is 9.47 Å². The van der Waals surface area contributed by atoms with Gasteiger partial charge in [-0.3, -0.25) is 4.79 Å². The van der Waals surface area contributed by atoms with Gasteiger partial charge in [0.2, 0.25) is 5.91 Å². The largest absolute Gasteiger partial charge is 0.354 e. The zero-order chi connectivity index (χ0) is 17.9. The molecule has 1 N–H and O–H groups in total. The van der Waals surface area contributed by atoms with Crippen molar-refractivity contribution in [1.82, 2.24) is 19.9 Å². The number of carbonyl (C=O) groups is 1. The fourth-order valence-electron chi connectivity index (χ4n) is 2.94. The molecule has 2 rings (SSSR count). The van der Waals surface area contributed by atoms with Crippen LogP contribution in [0.3, 0.4) is 0 Å². The predicted molar refractivity (Wildman–Crippen MR) is 90.9 cm³/mol. The van der Waals surface area contributed by atoms with Crippen molar-refractivity contribution >= 4 is 11.6 Å². The smallest absolute Gasteiger partial charge is 0.220 e. The first-order chi connectivity index (χ1) is 11.4. The van der Waals surface area contributed by atoms with Gasteiger partial charge in [-0.25, -0.2) is 9.50 Å². The van der Waals surface area contributed by atoms with Crippen LogP contribution in [0.2, 0.25) is 0 Å². The molecule has 1 atom stereocenters. The summed E-state index contributed by atoms with van der Waals surface area (Å²) in [5.41, 5.74) is 4.79. The number of rotatable bonds is 7. The lowest BCUT2D eigenvalue weighted by atomic mass is 10.1. The Kier molecular flexibility index (Phi) is 5.90. The summed E-state index contributed by atoms with van der Waals surface area (Å²) in [5, 5.41) is 7.36. The number of nitrogens with one attached hydrogen (secondary N) is 1. The molecule has 0 bridgehead atoms. The number of fused-ring (bicyclic) bond motifs is 1. The number of hydrogen-bond donors (Lipinski definition) is 1. The lowest BCUT2D eigenvalue weighted by molar-refractivity contribution is -0.135. The van der Waals surface area contributed by atoms with E-state index in [0.717, 1.165) is 28.3 Å². The normalized spacial score (nSPS) is 12.8. The molecule has 2 aromatic rings. The number of aryl methyl sites for hydroxylation is 3. The summed E-state index contributed by atoms with van der Waals surface area (Å²) in [5.74, 6) is -0.0443. The Hall–Kier alpha value is -1.99. The summed E-state index contributed by atoms with van der Waals surface area (Å²) < 4.78 is 12.1. The Balaban J connectivity index is 2.06. The summed E-state index contributed by atoms with van der Waals surface area (Å²) in [4.78, 5) is 16.8. The molecule has 7 nitrogen and oxygen atoms in total. The van der Waals surface area contributed by atoms with Crippen LogP contribution >= 0.6 is 0 Å². The first-order valence-corrected chi connectivity index (χ1v) is 8.04. The summed E-state index contributed by atoms with van der Waals surface area (Å²) in [7, 11) is 3.10. The maximum Gasteiger partial charge on any atom is 0.220 e. The molecule has 24 heavy (non-hydrogen) atoms. The van der Waals surface area contributed by atoms with Gasteiger partial charge in [0.05, 0.1) is 11.7 Å². The number of nitrogens with zero attached hydrogens (tertiary/aromatic N) is 3. The fourth-order valence-corrected chi connectivity index (χ4v) is 2.94. The van der Waals surface area contributed by atoms with E-state index in [9.17, 15) is 4.79 Å². The Labute approximate surface area is 142 Å². The third-order valence-electron chi connectivity index (χ3n) is 4.15. The van der Waals surface area contributed by atoms with Crippen molar-refractivity contribution in [3.8, 4) is 0 Å². The van der Waals surface area contributed by atoms with Gasteiger partial charge in [0, 0.05) is 38.1 Å². The first-order valence-electron chi connectivity index (χ1n) is 8.04. The number of hydrogen-bond acceptors (Lipinski definition) is 5. The lowest BCUT2D eigenvalue weighted by Crippen LogP contribution is -2.43. The van der Waals surface area contributed by atoms with Crippen molar-refractivity contribution < 1.29 is 14.3 Å².